The van der Waals surface area contributed by atoms with Gasteiger partial charge in [-0.05, 0) is 30.3 Å². The van der Waals surface area contributed by atoms with Crippen LogP contribution in [-0.2, 0) is 20.7 Å². The van der Waals surface area contributed by atoms with Gasteiger partial charge in [0.05, 0.1) is 18.3 Å². The van der Waals surface area contributed by atoms with E-state index in [4.69, 9.17) is 16.3 Å². The van der Waals surface area contributed by atoms with Gasteiger partial charge in [0.2, 0.25) is 11.6 Å². The van der Waals surface area contributed by atoms with E-state index in [1.165, 1.54) is 24.8 Å². The number of para-hydroxylation sites is 1. The standard InChI is InChI=1S/C24H18ClN3O4/c1-4-23-17-14-11-12(25)9-10-15(14)26-18(17)19-20(32-3)13-7-5-6-8-16(13)28(19)24(23,31)22(30)27(2)21(23)29/h4-11,26,31H,1H2,2-3H3/t23-,24-/m0/s1. The van der Waals surface area contributed by atoms with Crippen molar-refractivity contribution in [1.82, 2.24) is 14.5 Å². The summed E-state index contributed by atoms with van der Waals surface area (Å²) >= 11 is 6.31. The summed E-state index contributed by atoms with van der Waals surface area (Å²) in [4.78, 5) is 31.6. The summed E-state index contributed by atoms with van der Waals surface area (Å²) in [5.74, 6) is -0.820. The van der Waals surface area contributed by atoms with Gasteiger partial charge in [-0.25, -0.2) is 0 Å². The van der Waals surface area contributed by atoms with E-state index in [0.717, 1.165) is 4.90 Å². The van der Waals surface area contributed by atoms with Crippen LogP contribution in [0.5, 0.6) is 5.75 Å². The number of nitrogens with zero attached hydrogens (tertiary/aromatic N) is 2. The van der Waals surface area contributed by atoms with Gasteiger partial charge >= 0.3 is 0 Å². The fourth-order valence-corrected chi connectivity index (χ4v) is 5.70. The third-order valence-electron chi connectivity index (χ3n) is 6.85. The molecule has 4 heterocycles. The molecule has 6 rings (SSSR count). The van der Waals surface area contributed by atoms with Crippen LogP contribution in [0.4, 0.5) is 0 Å². The van der Waals surface area contributed by atoms with Crippen LogP contribution in [0.1, 0.15) is 5.56 Å². The van der Waals surface area contributed by atoms with E-state index in [1.807, 2.05) is 12.1 Å². The number of likely N-dealkylation sites (tertiary alicyclic amines) is 1. The van der Waals surface area contributed by atoms with E-state index in [0.29, 0.717) is 49.5 Å². The van der Waals surface area contributed by atoms with Gasteiger partial charge in [0.25, 0.3) is 5.91 Å². The number of amides is 2. The lowest BCUT2D eigenvalue weighted by Crippen LogP contribution is -2.57. The molecule has 0 bridgehead atoms. The van der Waals surface area contributed by atoms with Gasteiger partial charge in [-0.2, -0.15) is 0 Å². The van der Waals surface area contributed by atoms with E-state index in [1.54, 1.807) is 30.3 Å². The molecule has 2 atom stereocenters. The van der Waals surface area contributed by atoms with Crippen LogP contribution in [0.3, 0.4) is 0 Å². The van der Waals surface area contributed by atoms with Gasteiger partial charge in [-0.15, -0.1) is 6.58 Å². The number of aliphatic hydroxyl groups is 1. The maximum Gasteiger partial charge on any atom is 0.284 e. The summed E-state index contributed by atoms with van der Waals surface area (Å²) < 4.78 is 7.28. The Morgan fingerprint density at radius 2 is 1.91 bits per heavy atom. The highest BCUT2D eigenvalue weighted by molar-refractivity contribution is 6.31. The first-order valence-electron chi connectivity index (χ1n) is 10.0. The first-order valence-corrected chi connectivity index (χ1v) is 10.4. The molecule has 2 aromatic carbocycles. The molecule has 0 unspecified atom stereocenters. The zero-order valence-electron chi connectivity index (χ0n) is 17.3. The highest BCUT2D eigenvalue weighted by atomic mass is 35.5. The number of benzene rings is 2. The van der Waals surface area contributed by atoms with E-state index >= 15 is 0 Å². The van der Waals surface area contributed by atoms with E-state index < -0.39 is 23.0 Å². The van der Waals surface area contributed by atoms with E-state index in [-0.39, 0.29) is 0 Å². The van der Waals surface area contributed by atoms with Crippen molar-refractivity contribution in [2.45, 2.75) is 11.1 Å². The van der Waals surface area contributed by atoms with Gasteiger partial charge < -0.3 is 14.8 Å². The minimum atomic E-state index is -2.28. The summed E-state index contributed by atoms with van der Waals surface area (Å²) in [6.45, 7) is 3.92. The molecule has 2 aliphatic rings. The Morgan fingerprint density at radius 1 is 1.16 bits per heavy atom. The molecule has 160 valence electrons. The number of hydrogen-bond donors (Lipinski definition) is 2. The van der Waals surface area contributed by atoms with Crippen molar-refractivity contribution in [3.63, 3.8) is 0 Å². The van der Waals surface area contributed by atoms with Crippen molar-refractivity contribution >= 4 is 45.2 Å². The second kappa shape index (κ2) is 5.82. The van der Waals surface area contributed by atoms with Gasteiger partial charge in [0, 0.05) is 33.9 Å². The second-order valence-corrected chi connectivity index (χ2v) is 8.59. The minimum absolute atomic E-state index is 0.448. The molecule has 1 fully saturated rings. The number of aromatic nitrogens is 2. The number of likely N-dealkylation sites (N-methyl/N-ethyl adjacent to an activating group) is 1. The number of halogens is 1. The molecule has 0 radical (unpaired) electrons. The lowest BCUT2D eigenvalue weighted by molar-refractivity contribution is -0.156. The third kappa shape index (κ3) is 1.77. The second-order valence-electron chi connectivity index (χ2n) is 8.15. The van der Waals surface area contributed by atoms with E-state index in [9.17, 15) is 14.7 Å². The molecule has 2 amide bonds. The smallest absolute Gasteiger partial charge is 0.284 e. The number of rotatable bonds is 2. The summed E-state index contributed by atoms with van der Waals surface area (Å²) in [5.41, 5.74) is -1.29. The number of carbonyl (C=O) groups is 2. The van der Waals surface area contributed by atoms with Gasteiger partial charge in [-0.1, -0.05) is 29.8 Å². The summed E-state index contributed by atoms with van der Waals surface area (Å²) in [7, 11) is 2.91. The lowest BCUT2D eigenvalue weighted by atomic mass is 9.69. The number of carbonyl (C=O) groups excluding carboxylic acids is 2. The quantitative estimate of drug-likeness (QED) is 0.363. The van der Waals surface area contributed by atoms with Gasteiger partial charge in [0.1, 0.15) is 5.69 Å². The Kier molecular flexibility index (Phi) is 3.48. The Bertz CT molecular complexity index is 1530. The normalized spacial score (nSPS) is 24.1. The van der Waals surface area contributed by atoms with Crippen molar-refractivity contribution < 1.29 is 19.4 Å². The van der Waals surface area contributed by atoms with Crippen molar-refractivity contribution in [3.8, 4) is 17.1 Å². The fourth-order valence-electron chi connectivity index (χ4n) is 5.52. The Morgan fingerprint density at radius 3 is 2.62 bits per heavy atom. The predicted molar refractivity (Wildman–Crippen MR) is 121 cm³/mol. The molecule has 7 nitrogen and oxygen atoms in total. The number of aromatic amines is 1. The molecule has 32 heavy (non-hydrogen) atoms. The van der Waals surface area contributed by atoms with Gasteiger partial charge in [0.15, 0.2) is 11.2 Å². The number of imide groups is 1. The number of methoxy groups -OCH3 is 1. The van der Waals surface area contributed by atoms with Crippen LogP contribution >= 0.6 is 11.6 Å². The zero-order chi connectivity index (χ0) is 22.6. The number of H-pyrrole nitrogens is 1. The van der Waals surface area contributed by atoms with Crippen molar-refractivity contribution in [1.29, 1.82) is 0 Å². The first-order chi connectivity index (χ1) is 15.3. The molecule has 2 aliphatic heterocycles. The van der Waals surface area contributed by atoms with Crippen LogP contribution in [0.25, 0.3) is 33.2 Å². The summed E-state index contributed by atoms with van der Waals surface area (Å²) in [6, 6.07) is 12.5. The number of fused-ring (bicyclic) bond motifs is 10. The Hall–Kier alpha value is -3.55. The molecule has 4 aromatic rings. The molecular formula is C24H18ClN3O4. The molecule has 2 N–H and O–H groups in total. The maximum atomic E-state index is 13.7. The SMILES string of the molecule is C=C[C@]12C(=O)N(C)C(=O)[C@@]1(O)n1c(c(OC)c3ccccc31)-c1[nH]c3ccc(Cl)cc3c12. The zero-order valence-corrected chi connectivity index (χ0v) is 18.0. The summed E-state index contributed by atoms with van der Waals surface area (Å²) in [6.07, 6.45) is 1.37. The average Bonchev–Trinajstić information content (AvgIpc) is 3.38. The molecule has 2 aromatic heterocycles. The van der Waals surface area contributed by atoms with Crippen LogP contribution < -0.4 is 4.74 Å². The van der Waals surface area contributed by atoms with Crippen molar-refractivity contribution in [3.05, 3.63) is 65.7 Å². The van der Waals surface area contributed by atoms with Crippen LogP contribution in [0, 0.1) is 0 Å². The predicted octanol–water partition coefficient (Wildman–Crippen LogP) is 3.53. The van der Waals surface area contributed by atoms with Crippen molar-refractivity contribution in [2.75, 3.05) is 14.2 Å². The molecule has 1 saturated heterocycles. The molecule has 0 aliphatic carbocycles. The van der Waals surface area contributed by atoms with Crippen LogP contribution in [-0.4, -0.2) is 45.5 Å². The van der Waals surface area contributed by atoms with Crippen LogP contribution in [0.15, 0.2) is 55.1 Å². The molecule has 0 saturated carbocycles. The minimum Gasteiger partial charge on any atom is -0.494 e. The van der Waals surface area contributed by atoms with Gasteiger partial charge in [-0.3, -0.25) is 19.1 Å². The van der Waals surface area contributed by atoms with E-state index in [2.05, 4.69) is 11.6 Å². The lowest BCUT2D eigenvalue weighted by Gasteiger charge is -2.41. The summed E-state index contributed by atoms with van der Waals surface area (Å²) in [5, 5.41) is 14.1. The molecule has 8 heteroatoms. The fraction of sp³-hybridized carbons (Fsp3) is 0.167. The molecular weight excluding hydrogens is 430 g/mol. The average molecular weight is 448 g/mol. The Labute approximate surface area is 187 Å². The third-order valence-corrected chi connectivity index (χ3v) is 7.08. The number of hydrogen-bond acceptors (Lipinski definition) is 4. The number of ether oxygens (including phenoxy) is 1. The van der Waals surface area contributed by atoms with Crippen LogP contribution in [0.2, 0.25) is 5.02 Å². The maximum absolute atomic E-state index is 13.7. The number of nitrogens with one attached hydrogen (secondary N) is 1. The monoisotopic (exact) mass is 447 g/mol. The topological polar surface area (TPSA) is 87.6 Å². The highest BCUT2D eigenvalue weighted by Gasteiger charge is 2.73. The largest absolute Gasteiger partial charge is 0.494 e. The molecule has 0 spiro atoms. The first kappa shape index (κ1) is 19.2. The Balaban J connectivity index is 1.95. The van der Waals surface area contributed by atoms with Crippen molar-refractivity contribution in [2.24, 2.45) is 0 Å². The highest BCUT2D eigenvalue weighted by Crippen LogP contribution is 2.60.